The zero-order valence-electron chi connectivity index (χ0n) is 26.3. The maximum absolute atomic E-state index is 16.8. The van der Waals surface area contributed by atoms with Crippen LogP contribution in [0.25, 0.3) is 22.0 Å². The first-order chi connectivity index (χ1) is 21.2. The number of nitrogens with one attached hydrogen (secondary N) is 1. The van der Waals surface area contributed by atoms with Gasteiger partial charge in [0.25, 0.3) is 0 Å². The fourth-order valence-electron chi connectivity index (χ4n) is 8.51. The molecule has 236 valence electrons. The number of aromatic nitrogens is 2. The number of likely N-dealkylation sites (N-methyl/N-ethyl adjacent to an activating group) is 1. The van der Waals surface area contributed by atoms with Gasteiger partial charge >= 0.3 is 6.01 Å². The summed E-state index contributed by atoms with van der Waals surface area (Å²) in [5.74, 6) is 0.572. The summed E-state index contributed by atoms with van der Waals surface area (Å²) in [5, 5.41) is 14.8. The topological polar surface area (TPSA) is 73.8 Å². The van der Waals surface area contributed by atoms with Gasteiger partial charge in [0.2, 0.25) is 0 Å². The van der Waals surface area contributed by atoms with Crippen LogP contribution in [0.3, 0.4) is 0 Å². The van der Waals surface area contributed by atoms with Crippen molar-refractivity contribution >= 4 is 16.7 Å². The number of benzene rings is 2. The SMILES string of the molecule is CCC1CCCc2cc(O)cc(-c3ccc4c(NCC5(N(C)C)CCC5)nc(OC[C@@]56CCCN5C[C@H](F)C6)nc4c3F)c21. The molecule has 1 saturated carbocycles. The van der Waals surface area contributed by atoms with Crippen LogP contribution in [-0.4, -0.2) is 82.5 Å². The molecule has 3 atom stereocenters. The van der Waals surface area contributed by atoms with E-state index in [1.807, 2.05) is 18.2 Å². The van der Waals surface area contributed by atoms with Gasteiger partial charge in [0, 0.05) is 36.0 Å². The third kappa shape index (κ3) is 5.00. The number of alkyl halides is 1. The molecular weight excluding hydrogens is 560 g/mol. The minimum Gasteiger partial charge on any atom is -0.508 e. The number of rotatable bonds is 9. The Kier molecular flexibility index (Phi) is 7.68. The van der Waals surface area contributed by atoms with Crippen LogP contribution in [0, 0.1) is 5.82 Å². The van der Waals surface area contributed by atoms with E-state index in [0.29, 0.717) is 42.2 Å². The number of ether oxygens (including phenoxy) is 1. The molecule has 4 aliphatic rings. The van der Waals surface area contributed by atoms with Crippen molar-refractivity contribution < 1.29 is 18.6 Å². The zero-order chi connectivity index (χ0) is 30.6. The van der Waals surface area contributed by atoms with Gasteiger partial charge in [-0.15, -0.1) is 0 Å². The minimum absolute atomic E-state index is 0.0237. The van der Waals surface area contributed by atoms with Gasteiger partial charge in [0.05, 0.1) is 5.54 Å². The molecule has 2 N–H and O–H groups in total. The van der Waals surface area contributed by atoms with Crippen molar-refractivity contribution in [1.29, 1.82) is 0 Å². The number of hydrogen-bond donors (Lipinski definition) is 2. The Morgan fingerprint density at radius 1 is 1.11 bits per heavy atom. The Morgan fingerprint density at radius 3 is 2.70 bits per heavy atom. The van der Waals surface area contributed by atoms with Crippen molar-refractivity contribution in [1.82, 2.24) is 19.8 Å². The molecule has 3 aromatic rings. The van der Waals surface area contributed by atoms with E-state index in [0.717, 1.165) is 74.6 Å². The highest BCUT2D eigenvalue weighted by Crippen LogP contribution is 2.45. The Labute approximate surface area is 259 Å². The molecule has 1 unspecified atom stereocenters. The highest BCUT2D eigenvalue weighted by molar-refractivity contribution is 5.93. The lowest BCUT2D eigenvalue weighted by molar-refractivity contribution is 0.0738. The molecule has 44 heavy (non-hydrogen) atoms. The third-order valence-corrected chi connectivity index (χ3v) is 11.3. The lowest BCUT2D eigenvalue weighted by atomic mass is 9.75. The first-order valence-electron chi connectivity index (χ1n) is 16.5. The monoisotopic (exact) mass is 605 g/mol. The van der Waals surface area contributed by atoms with Gasteiger partial charge in [0.1, 0.15) is 29.9 Å². The second-order valence-corrected chi connectivity index (χ2v) is 13.9. The molecule has 0 bridgehead atoms. The molecule has 1 aromatic heterocycles. The number of aromatic hydroxyl groups is 1. The highest BCUT2D eigenvalue weighted by atomic mass is 19.1. The molecule has 0 radical (unpaired) electrons. The van der Waals surface area contributed by atoms with Gasteiger partial charge in [-0.25, -0.2) is 8.78 Å². The van der Waals surface area contributed by atoms with E-state index in [1.165, 1.54) is 6.42 Å². The van der Waals surface area contributed by atoms with Crippen molar-refractivity contribution in [3.8, 4) is 22.9 Å². The standard InChI is InChI=1S/C35H45F2N5O2/c1-4-22-8-5-9-23-16-25(43)17-28(29(22)23)26-10-11-27-31(30(26)37)39-33(40-32(27)38-20-34(41(2)3)12-6-13-34)44-21-35-14-7-15-42(35)19-24(36)18-35/h10-11,16-17,22,24,43H,4-9,12-15,18-21H2,1-3H3,(H,38,39,40)/t22?,24-,35+/m1/s1. The summed E-state index contributed by atoms with van der Waals surface area (Å²) in [5.41, 5.74) is 3.27. The van der Waals surface area contributed by atoms with Crippen LogP contribution in [-0.2, 0) is 6.42 Å². The lowest BCUT2D eigenvalue weighted by Crippen LogP contribution is -2.54. The first-order valence-corrected chi connectivity index (χ1v) is 16.5. The van der Waals surface area contributed by atoms with Crippen LogP contribution in [0.4, 0.5) is 14.6 Å². The predicted octanol–water partition coefficient (Wildman–Crippen LogP) is 6.82. The van der Waals surface area contributed by atoms with Gasteiger partial charge in [-0.05, 0) is 119 Å². The van der Waals surface area contributed by atoms with Gasteiger partial charge in [0.15, 0.2) is 5.82 Å². The molecule has 9 heteroatoms. The second-order valence-electron chi connectivity index (χ2n) is 13.9. The number of nitrogens with zero attached hydrogens (tertiary/aromatic N) is 4. The molecule has 0 spiro atoms. The van der Waals surface area contributed by atoms with E-state index in [1.54, 1.807) is 6.07 Å². The molecule has 2 aliphatic carbocycles. The first kappa shape index (κ1) is 29.7. The Hall–Kier alpha value is -3.04. The van der Waals surface area contributed by atoms with Gasteiger partial charge in [-0.3, -0.25) is 4.90 Å². The normalized spacial score (nSPS) is 26.0. The Bertz CT molecular complexity index is 1560. The number of phenols is 1. The summed E-state index contributed by atoms with van der Waals surface area (Å²) in [7, 11) is 4.21. The summed E-state index contributed by atoms with van der Waals surface area (Å²) in [6.07, 6.45) is 8.77. The maximum atomic E-state index is 16.8. The number of phenolic OH excluding ortho intramolecular Hbond substituents is 1. The van der Waals surface area contributed by atoms with E-state index in [2.05, 4.69) is 41.1 Å². The molecule has 2 aliphatic heterocycles. The summed E-state index contributed by atoms with van der Waals surface area (Å²) < 4.78 is 37.5. The highest BCUT2D eigenvalue weighted by Gasteiger charge is 2.49. The maximum Gasteiger partial charge on any atom is 0.319 e. The quantitative estimate of drug-likeness (QED) is 0.277. The van der Waals surface area contributed by atoms with Crippen molar-refractivity contribution in [2.45, 2.75) is 94.3 Å². The predicted molar refractivity (Wildman–Crippen MR) is 170 cm³/mol. The Balaban J connectivity index is 1.30. The molecule has 0 amide bonds. The fraction of sp³-hybridized carbons (Fsp3) is 0.600. The van der Waals surface area contributed by atoms with Crippen LogP contribution >= 0.6 is 0 Å². The Morgan fingerprint density at radius 2 is 1.95 bits per heavy atom. The summed E-state index contributed by atoms with van der Waals surface area (Å²) >= 11 is 0. The number of fused-ring (bicyclic) bond motifs is 3. The fourth-order valence-corrected chi connectivity index (χ4v) is 8.51. The van der Waals surface area contributed by atoms with Gasteiger partial charge in [-0.2, -0.15) is 9.97 Å². The third-order valence-electron chi connectivity index (χ3n) is 11.3. The number of anilines is 1. The van der Waals surface area contributed by atoms with Crippen molar-refractivity contribution in [3.63, 3.8) is 0 Å². The molecule has 3 heterocycles. The summed E-state index contributed by atoms with van der Waals surface area (Å²) in [6.45, 7) is 4.43. The number of hydrogen-bond acceptors (Lipinski definition) is 7. The average molecular weight is 606 g/mol. The van der Waals surface area contributed by atoms with Crippen LogP contribution in [0.1, 0.15) is 81.8 Å². The largest absolute Gasteiger partial charge is 0.508 e. The molecular formula is C35H45F2N5O2. The summed E-state index contributed by atoms with van der Waals surface area (Å²) in [4.78, 5) is 13.9. The minimum atomic E-state index is -0.862. The van der Waals surface area contributed by atoms with Crippen LogP contribution < -0.4 is 10.1 Å². The van der Waals surface area contributed by atoms with Crippen LogP contribution in [0.15, 0.2) is 24.3 Å². The van der Waals surface area contributed by atoms with Crippen molar-refractivity contribution in [2.24, 2.45) is 0 Å². The van der Waals surface area contributed by atoms with Gasteiger partial charge in [-0.1, -0.05) is 13.0 Å². The van der Waals surface area contributed by atoms with E-state index < -0.39 is 12.0 Å². The summed E-state index contributed by atoms with van der Waals surface area (Å²) in [6, 6.07) is 7.35. The number of halogens is 2. The van der Waals surface area contributed by atoms with E-state index in [9.17, 15) is 9.50 Å². The molecule has 7 nitrogen and oxygen atoms in total. The average Bonchev–Trinajstić information content (AvgIpc) is 3.50. The van der Waals surface area contributed by atoms with E-state index in [-0.39, 0.29) is 35.0 Å². The number of aryl methyl sites for hydroxylation is 1. The lowest BCUT2D eigenvalue weighted by Gasteiger charge is -2.47. The second kappa shape index (κ2) is 11.4. The molecule has 3 fully saturated rings. The van der Waals surface area contributed by atoms with Crippen molar-refractivity contribution in [2.75, 3.05) is 45.7 Å². The molecule has 2 aromatic carbocycles. The zero-order valence-corrected chi connectivity index (χ0v) is 26.3. The molecule has 7 rings (SSSR count). The molecule has 2 saturated heterocycles. The van der Waals surface area contributed by atoms with Crippen LogP contribution in [0.2, 0.25) is 0 Å². The van der Waals surface area contributed by atoms with Crippen molar-refractivity contribution in [3.05, 3.63) is 41.2 Å². The van der Waals surface area contributed by atoms with E-state index >= 15 is 4.39 Å². The van der Waals surface area contributed by atoms with E-state index in [4.69, 9.17) is 9.72 Å². The smallest absolute Gasteiger partial charge is 0.319 e. The van der Waals surface area contributed by atoms with Gasteiger partial charge < -0.3 is 20.1 Å². The van der Waals surface area contributed by atoms with Crippen LogP contribution in [0.5, 0.6) is 11.8 Å².